The van der Waals surface area contributed by atoms with E-state index in [1.165, 1.54) is 12.2 Å². The summed E-state index contributed by atoms with van der Waals surface area (Å²) in [4.78, 5) is 26.1. The Kier molecular flexibility index (Phi) is 22.2. The molecule has 0 bridgehead atoms. The van der Waals surface area contributed by atoms with Crippen LogP contribution in [-0.4, -0.2) is 48.7 Å². The van der Waals surface area contributed by atoms with E-state index in [0.29, 0.717) is 13.1 Å². The van der Waals surface area contributed by atoms with Gasteiger partial charge in [-0.2, -0.15) is 0 Å². The Bertz CT molecular complexity index is 220. The molecule has 0 rings (SSSR count). The zero-order valence-electron chi connectivity index (χ0n) is 10.7. The van der Waals surface area contributed by atoms with Crippen molar-refractivity contribution in [3.05, 3.63) is 0 Å². The number of rotatable bonds is 10. The summed E-state index contributed by atoms with van der Waals surface area (Å²) in [7, 11) is 0. The zero-order chi connectivity index (χ0) is 13.9. The van der Waals surface area contributed by atoms with Gasteiger partial charge in [-0.05, 0) is 25.7 Å². The van der Waals surface area contributed by atoms with E-state index in [4.69, 9.17) is 10.2 Å². The van der Waals surface area contributed by atoms with E-state index >= 15 is 0 Å². The minimum Gasteiger partial charge on any atom is -0.396 e. The van der Waals surface area contributed by atoms with E-state index in [0.717, 1.165) is 38.5 Å². The summed E-state index contributed by atoms with van der Waals surface area (Å²) < 4.78 is 0. The van der Waals surface area contributed by atoms with Crippen molar-refractivity contribution >= 4 is 12.2 Å². The molecule has 6 heteroatoms. The minimum absolute atomic E-state index is 0.195. The fraction of sp³-hybridized carbons (Fsp3) is 0.833. The van der Waals surface area contributed by atoms with Crippen molar-refractivity contribution in [3.8, 4) is 0 Å². The molecule has 0 spiro atoms. The van der Waals surface area contributed by atoms with Gasteiger partial charge in [0.1, 0.15) is 0 Å². The highest BCUT2D eigenvalue weighted by atomic mass is 16.3. The molecule has 6 nitrogen and oxygen atoms in total. The molecule has 0 saturated heterocycles. The summed E-state index contributed by atoms with van der Waals surface area (Å²) >= 11 is 0. The number of aliphatic hydroxyl groups is 2. The first-order valence-corrected chi connectivity index (χ1v) is 6.12. The lowest BCUT2D eigenvalue weighted by atomic mass is 10.2. The van der Waals surface area contributed by atoms with Crippen LogP contribution in [0.5, 0.6) is 0 Å². The van der Waals surface area contributed by atoms with Crippen molar-refractivity contribution in [1.82, 2.24) is 0 Å². The number of unbranched alkanes of at least 4 members (excludes halogenated alkanes) is 4. The average molecular weight is 258 g/mol. The molecule has 0 aliphatic heterocycles. The molecule has 104 valence electrons. The molecule has 0 aromatic heterocycles. The Morgan fingerprint density at radius 3 is 1.33 bits per heavy atom. The summed E-state index contributed by atoms with van der Waals surface area (Å²) in [6.45, 7) is 1.50. The van der Waals surface area contributed by atoms with E-state index in [2.05, 4.69) is 9.98 Å². The van der Waals surface area contributed by atoms with Gasteiger partial charge in [-0.25, -0.2) is 19.6 Å². The molecule has 0 aromatic carbocycles. The van der Waals surface area contributed by atoms with Gasteiger partial charge in [-0.15, -0.1) is 0 Å². The van der Waals surface area contributed by atoms with Gasteiger partial charge in [0.15, 0.2) is 0 Å². The maximum atomic E-state index is 9.63. The predicted octanol–water partition coefficient (Wildman–Crippen LogP) is 0.970. The lowest BCUT2D eigenvalue weighted by Crippen LogP contribution is -1.85. The Balaban J connectivity index is 0. The molecule has 0 radical (unpaired) electrons. The van der Waals surface area contributed by atoms with Gasteiger partial charge in [0.2, 0.25) is 12.2 Å². The largest absolute Gasteiger partial charge is 0.396 e. The normalized spacial score (nSPS) is 8.56. The summed E-state index contributed by atoms with van der Waals surface area (Å²) in [5.41, 5.74) is 0. The Morgan fingerprint density at radius 1 is 0.667 bits per heavy atom. The fourth-order valence-electron chi connectivity index (χ4n) is 1.05. The van der Waals surface area contributed by atoms with Crippen LogP contribution in [0.2, 0.25) is 0 Å². The quantitative estimate of drug-likeness (QED) is 0.346. The second-order valence-corrected chi connectivity index (χ2v) is 3.51. The van der Waals surface area contributed by atoms with Crippen LogP contribution in [0.1, 0.15) is 38.5 Å². The number of hydrogen-bond donors (Lipinski definition) is 2. The van der Waals surface area contributed by atoms with Crippen LogP contribution in [0.15, 0.2) is 9.98 Å². The number of isocyanates is 2. The van der Waals surface area contributed by atoms with Crippen molar-refractivity contribution in [3.63, 3.8) is 0 Å². The Hall–Kier alpha value is -1.32. The zero-order valence-corrected chi connectivity index (χ0v) is 10.7. The van der Waals surface area contributed by atoms with E-state index < -0.39 is 0 Å². The van der Waals surface area contributed by atoms with Crippen molar-refractivity contribution in [1.29, 1.82) is 0 Å². The molecule has 0 aliphatic carbocycles. The smallest absolute Gasteiger partial charge is 0.234 e. The lowest BCUT2D eigenvalue weighted by Gasteiger charge is -1.93. The van der Waals surface area contributed by atoms with Gasteiger partial charge in [-0.3, -0.25) is 0 Å². The van der Waals surface area contributed by atoms with E-state index in [-0.39, 0.29) is 13.2 Å². The van der Waals surface area contributed by atoms with Crippen LogP contribution in [0.4, 0.5) is 0 Å². The SMILES string of the molecule is O=C=NCCCCCCN=C=O.OCCCCO. The molecule has 0 saturated carbocycles. The highest BCUT2D eigenvalue weighted by Gasteiger charge is 1.87. The maximum absolute atomic E-state index is 9.63. The third kappa shape index (κ3) is 24.1. The summed E-state index contributed by atoms with van der Waals surface area (Å²) in [5.74, 6) is 0. The third-order valence-corrected chi connectivity index (χ3v) is 1.99. The first-order chi connectivity index (χ1) is 8.83. The summed E-state index contributed by atoms with van der Waals surface area (Å²) in [5, 5.41) is 16.2. The van der Waals surface area contributed by atoms with Crippen LogP contribution in [0.25, 0.3) is 0 Å². The molecule has 0 aliphatic rings. The molecular formula is C12H22N2O4. The van der Waals surface area contributed by atoms with E-state index in [1.54, 1.807) is 0 Å². The third-order valence-electron chi connectivity index (χ3n) is 1.99. The molecule has 0 unspecified atom stereocenters. The van der Waals surface area contributed by atoms with Crippen LogP contribution >= 0.6 is 0 Å². The first-order valence-electron chi connectivity index (χ1n) is 6.12. The molecule has 0 heterocycles. The van der Waals surface area contributed by atoms with Crippen LogP contribution in [0.3, 0.4) is 0 Å². The number of carbonyl (C=O) groups excluding carboxylic acids is 2. The topological polar surface area (TPSA) is 99.3 Å². The summed E-state index contributed by atoms with van der Waals surface area (Å²) in [6.07, 6.45) is 8.24. The standard InChI is InChI=1S/C8H12N2O2.C4H10O2/c11-7-9-5-3-1-2-4-6-10-8-12;5-3-1-2-4-6/h1-6H2;5-6H,1-4H2. The lowest BCUT2D eigenvalue weighted by molar-refractivity contribution is 0.242. The highest BCUT2D eigenvalue weighted by molar-refractivity contribution is 5.32. The molecule has 0 amide bonds. The fourth-order valence-corrected chi connectivity index (χ4v) is 1.05. The molecule has 0 fully saturated rings. The van der Waals surface area contributed by atoms with Gasteiger partial charge in [0, 0.05) is 13.2 Å². The van der Waals surface area contributed by atoms with Gasteiger partial charge in [-0.1, -0.05) is 12.8 Å². The van der Waals surface area contributed by atoms with E-state index in [9.17, 15) is 9.59 Å². The molecule has 0 aromatic rings. The number of nitrogens with zero attached hydrogens (tertiary/aromatic N) is 2. The van der Waals surface area contributed by atoms with Gasteiger partial charge in [0.25, 0.3) is 0 Å². The second kappa shape index (κ2) is 21.0. The molecule has 2 N–H and O–H groups in total. The first kappa shape index (κ1) is 19.0. The monoisotopic (exact) mass is 258 g/mol. The molecule has 18 heavy (non-hydrogen) atoms. The summed E-state index contributed by atoms with van der Waals surface area (Å²) in [6, 6.07) is 0. The van der Waals surface area contributed by atoms with Gasteiger partial charge in [0.05, 0.1) is 13.1 Å². The second-order valence-electron chi connectivity index (χ2n) is 3.51. The van der Waals surface area contributed by atoms with Crippen LogP contribution in [-0.2, 0) is 9.59 Å². The highest BCUT2D eigenvalue weighted by Crippen LogP contribution is 1.99. The molecule has 0 atom stereocenters. The van der Waals surface area contributed by atoms with Crippen LogP contribution in [0, 0.1) is 0 Å². The van der Waals surface area contributed by atoms with Crippen molar-refractivity contribution in [2.24, 2.45) is 9.98 Å². The molecular weight excluding hydrogens is 236 g/mol. The van der Waals surface area contributed by atoms with Crippen molar-refractivity contribution in [2.45, 2.75) is 38.5 Å². The van der Waals surface area contributed by atoms with Gasteiger partial charge >= 0.3 is 0 Å². The Morgan fingerprint density at radius 2 is 1.06 bits per heavy atom. The average Bonchev–Trinajstić information content (AvgIpc) is 2.40. The van der Waals surface area contributed by atoms with E-state index in [1.807, 2.05) is 0 Å². The number of hydrogen-bond acceptors (Lipinski definition) is 6. The van der Waals surface area contributed by atoms with Gasteiger partial charge < -0.3 is 10.2 Å². The number of aliphatic imine (C=N–C) groups is 2. The van der Waals surface area contributed by atoms with Crippen molar-refractivity contribution in [2.75, 3.05) is 26.3 Å². The predicted molar refractivity (Wildman–Crippen MR) is 67.9 cm³/mol. The maximum Gasteiger partial charge on any atom is 0.234 e. The minimum atomic E-state index is 0.195. The van der Waals surface area contributed by atoms with Crippen LogP contribution < -0.4 is 0 Å². The van der Waals surface area contributed by atoms with Crippen molar-refractivity contribution < 1.29 is 19.8 Å². The number of aliphatic hydroxyl groups excluding tert-OH is 2. The Labute approximate surface area is 107 Å².